The number of nitro benzene ring substituents is 1. The first kappa shape index (κ1) is 18.9. The molecule has 0 aliphatic carbocycles. The molecule has 3 aromatic rings. The molecule has 0 unspecified atom stereocenters. The van der Waals surface area contributed by atoms with Gasteiger partial charge in [-0.05, 0) is 18.2 Å². The fraction of sp³-hybridized carbons (Fsp3) is 0.211. The molecular formula is C19H16N5O4S-. The van der Waals surface area contributed by atoms with Crippen LogP contribution in [-0.2, 0) is 0 Å². The Balaban J connectivity index is 1.82. The summed E-state index contributed by atoms with van der Waals surface area (Å²) in [7, 11) is 0. The van der Waals surface area contributed by atoms with Crippen LogP contribution in [0.4, 0.5) is 11.4 Å². The van der Waals surface area contributed by atoms with Gasteiger partial charge in [-0.1, -0.05) is 49.0 Å². The van der Waals surface area contributed by atoms with Crippen molar-refractivity contribution >= 4 is 23.1 Å². The molecular weight excluding hydrogens is 394 g/mol. The van der Waals surface area contributed by atoms with E-state index in [0.717, 1.165) is 17.7 Å². The molecule has 0 spiro atoms. The molecule has 1 aromatic heterocycles. The maximum Gasteiger partial charge on any atom is 0.262 e. The third-order valence-electron chi connectivity index (χ3n) is 4.27. The standard InChI is InChI=1S/C19H17N5O4S/c1-2-10-29-19-21-18-15(22-23-19)11-6-3-4-8-13(11)20-17(28-18)12-7-5-9-14(16(12)25)24(26)27/h3-9,17,20,25H,2,10H2,1H3/p-1/t17-/m0/s1. The third-order valence-corrected chi connectivity index (χ3v) is 5.32. The molecule has 10 heteroatoms. The highest BCUT2D eigenvalue weighted by Crippen LogP contribution is 2.41. The average molecular weight is 410 g/mol. The molecule has 0 radical (unpaired) electrons. The molecule has 1 aliphatic rings. The van der Waals surface area contributed by atoms with Crippen molar-refractivity contribution in [3.8, 4) is 22.9 Å². The first-order chi connectivity index (χ1) is 14.1. The van der Waals surface area contributed by atoms with Crippen LogP contribution in [0, 0.1) is 10.1 Å². The second kappa shape index (κ2) is 7.92. The van der Waals surface area contributed by atoms with Gasteiger partial charge >= 0.3 is 0 Å². The fourth-order valence-corrected chi connectivity index (χ4v) is 3.57. The highest BCUT2D eigenvalue weighted by Gasteiger charge is 2.27. The zero-order chi connectivity index (χ0) is 20.4. The number of ether oxygens (including phenoxy) is 1. The SMILES string of the molecule is CCCSc1nnc2c(n1)O[C@@H](c1cccc([N+](=O)[O-])c1[O-])Nc1ccccc1-2. The quantitative estimate of drug-likeness (QED) is 0.382. The van der Waals surface area contributed by atoms with E-state index in [1.54, 1.807) is 0 Å². The normalized spacial score (nSPS) is 14.7. The Morgan fingerprint density at radius 2 is 2.03 bits per heavy atom. The summed E-state index contributed by atoms with van der Waals surface area (Å²) in [6.07, 6.45) is -0.0165. The molecule has 29 heavy (non-hydrogen) atoms. The van der Waals surface area contributed by atoms with Crippen LogP contribution in [0.3, 0.4) is 0 Å². The lowest BCUT2D eigenvalue weighted by molar-refractivity contribution is -0.398. The topological polar surface area (TPSA) is 126 Å². The molecule has 148 valence electrons. The number of anilines is 1. The van der Waals surface area contributed by atoms with Crippen LogP contribution in [0.15, 0.2) is 47.6 Å². The van der Waals surface area contributed by atoms with Crippen molar-refractivity contribution in [1.29, 1.82) is 0 Å². The highest BCUT2D eigenvalue weighted by molar-refractivity contribution is 7.99. The van der Waals surface area contributed by atoms with E-state index in [2.05, 4.69) is 27.4 Å². The van der Waals surface area contributed by atoms with E-state index in [1.165, 1.54) is 30.0 Å². The van der Waals surface area contributed by atoms with E-state index < -0.39 is 22.6 Å². The molecule has 0 bridgehead atoms. The largest absolute Gasteiger partial charge is 0.868 e. The minimum atomic E-state index is -0.967. The second-order valence-electron chi connectivity index (χ2n) is 6.24. The van der Waals surface area contributed by atoms with E-state index >= 15 is 0 Å². The molecule has 1 N–H and O–H groups in total. The molecule has 0 saturated carbocycles. The van der Waals surface area contributed by atoms with Crippen molar-refractivity contribution in [2.75, 3.05) is 11.1 Å². The predicted octanol–water partition coefficient (Wildman–Crippen LogP) is 3.53. The van der Waals surface area contributed by atoms with Crippen LogP contribution < -0.4 is 15.2 Å². The second-order valence-corrected chi connectivity index (χ2v) is 7.30. The van der Waals surface area contributed by atoms with Gasteiger partial charge in [-0.25, -0.2) is 0 Å². The molecule has 0 fully saturated rings. The Labute approximate surface area is 170 Å². The molecule has 0 amide bonds. The van der Waals surface area contributed by atoms with Gasteiger partial charge in [0.2, 0.25) is 11.0 Å². The van der Waals surface area contributed by atoms with Crippen LogP contribution in [0.2, 0.25) is 0 Å². The van der Waals surface area contributed by atoms with Crippen LogP contribution in [-0.4, -0.2) is 25.9 Å². The average Bonchev–Trinajstić information content (AvgIpc) is 2.88. The maximum absolute atomic E-state index is 12.6. The highest BCUT2D eigenvalue weighted by atomic mass is 32.2. The van der Waals surface area contributed by atoms with Gasteiger partial charge in [0.15, 0.2) is 11.9 Å². The molecule has 1 atom stereocenters. The summed E-state index contributed by atoms with van der Waals surface area (Å²) in [5.74, 6) is 0.333. The van der Waals surface area contributed by atoms with Crippen LogP contribution in [0.5, 0.6) is 11.6 Å². The minimum Gasteiger partial charge on any atom is -0.868 e. The predicted molar refractivity (Wildman–Crippen MR) is 106 cm³/mol. The van der Waals surface area contributed by atoms with Gasteiger partial charge in [-0.2, -0.15) is 4.98 Å². The van der Waals surface area contributed by atoms with Gasteiger partial charge in [-0.15, -0.1) is 10.2 Å². The first-order valence-electron chi connectivity index (χ1n) is 8.93. The zero-order valence-corrected chi connectivity index (χ0v) is 16.2. The van der Waals surface area contributed by atoms with Crippen molar-refractivity contribution in [3.05, 3.63) is 58.1 Å². The van der Waals surface area contributed by atoms with Crippen molar-refractivity contribution in [2.45, 2.75) is 24.7 Å². The first-order valence-corrected chi connectivity index (χ1v) is 9.91. The number of nitrogens with zero attached hydrogens (tertiary/aromatic N) is 4. The lowest BCUT2D eigenvalue weighted by Crippen LogP contribution is -2.19. The lowest BCUT2D eigenvalue weighted by Gasteiger charge is -2.23. The molecule has 2 heterocycles. The number of nitro groups is 1. The van der Waals surface area contributed by atoms with Gasteiger partial charge in [0.25, 0.3) is 5.69 Å². The van der Waals surface area contributed by atoms with Crippen LogP contribution in [0.25, 0.3) is 11.3 Å². The Morgan fingerprint density at radius 1 is 1.21 bits per heavy atom. The monoisotopic (exact) mass is 410 g/mol. The third kappa shape index (κ3) is 3.66. The number of nitrogens with one attached hydrogen (secondary N) is 1. The van der Waals surface area contributed by atoms with E-state index in [-0.39, 0.29) is 11.4 Å². The summed E-state index contributed by atoms with van der Waals surface area (Å²) in [6, 6.07) is 11.5. The molecule has 4 rings (SSSR count). The van der Waals surface area contributed by atoms with Gasteiger partial charge in [-0.3, -0.25) is 10.1 Å². The number of hydrogen-bond donors (Lipinski definition) is 1. The number of para-hydroxylation sites is 2. The van der Waals surface area contributed by atoms with E-state index in [9.17, 15) is 15.2 Å². The number of thioether (sulfide) groups is 1. The summed E-state index contributed by atoms with van der Waals surface area (Å²) in [5.41, 5.74) is 1.42. The van der Waals surface area contributed by atoms with Crippen molar-refractivity contribution in [2.24, 2.45) is 0 Å². The summed E-state index contributed by atoms with van der Waals surface area (Å²) in [5, 5.41) is 35.9. The number of benzene rings is 2. The molecule has 2 aromatic carbocycles. The van der Waals surface area contributed by atoms with Gasteiger partial charge in [0.1, 0.15) is 0 Å². The minimum absolute atomic E-state index is 0.114. The molecule has 1 aliphatic heterocycles. The number of fused-ring (bicyclic) bond motifs is 3. The summed E-state index contributed by atoms with van der Waals surface area (Å²) >= 11 is 1.45. The van der Waals surface area contributed by atoms with Crippen molar-refractivity contribution < 1.29 is 14.8 Å². The Bertz CT molecular complexity index is 1080. The molecule has 9 nitrogen and oxygen atoms in total. The van der Waals surface area contributed by atoms with Gasteiger partial charge in [0, 0.05) is 28.6 Å². The van der Waals surface area contributed by atoms with Crippen LogP contribution in [0.1, 0.15) is 25.1 Å². The van der Waals surface area contributed by atoms with E-state index in [1.807, 2.05) is 24.3 Å². The smallest absolute Gasteiger partial charge is 0.262 e. The summed E-state index contributed by atoms with van der Waals surface area (Å²) in [6.45, 7) is 2.05. The van der Waals surface area contributed by atoms with E-state index in [0.29, 0.717) is 16.5 Å². The number of rotatable bonds is 5. The van der Waals surface area contributed by atoms with E-state index in [4.69, 9.17) is 4.74 Å². The number of hydrogen-bond acceptors (Lipinski definition) is 9. The van der Waals surface area contributed by atoms with Crippen molar-refractivity contribution in [1.82, 2.24) is 15.2 Å². The Kier molecular flexibility index (Phi) is 5.17. The lowest BCUT2D eigenvalue weighted by atomic mass is 10.1. The summed E-state index contributed by atoms with van der Waals surface area (Å²) < 4.78 is 6.00. The van der Waals surface area contributed by atoms with Gasteiger partial charge < -0.3 is 15.2 Å². The Morgan fingerprint density at radius 3 is 2.83 bits per heavy atom. The number of aromatic nitrogens is 3. The zero-order valence-electron chi connectivity index (χ0n) is 15.4. The molecule has 0 saturated heterocycles. The van der Waals surface area contributed by atoms with Gasteiger partial charge in [0.05, 0.1) is 4.92 Å². The fourth-order valence-electron chi connectivity index (χ4n) is 2.93. The summed E-state index contributed by atoms with van der Waals surface area (Å²) in [4.78, 5) is 14.9. The van der Waals surface area contributed by atoms with Crippen LogP contribution >= 0.6 is 11.8 Å². The Hall–Kier alpha value is -3.40. The maximum atomic E-state index is 12.6. The van der Waals surface area contributed by atoms with Crippen molar-refractivity contribution in [3.63, 3.8) is 0 Å².